The number of ether oxygens (including phenoxy) is 3. The summed E-state index contributed by atoms with van der Waals surface area (Å²) in [5.74, 6) is 2.28. The fourth-order valence-corrected chi connectivity index (χ4v) is 4.04. The molecular weight excluding hydrogens is 416 g/mol. The van der Waals surface area contributed by atoms with Crippen molar-refractivity contribution in [3.05, 3.63) is 81.6 Å². The highest BCUT2D eigenvalue weighted by atomic mass is 35.5. The highest BCUT2D eigenvalue weighted by Gasteiger charge is 2.41. The lowest BCUT2D eigenvalue weighted by molar-refractivity contribution is 0.284. The third-order valence-electron chi connectivity index (χ3n) is 5.24. The van der Waals surface area contributed by atoms with Gasteiger partial charge in [-0.05, 0) is 43.2 Å². The highest BCUT2D eigenvalue weighted by Crippen LogP contribution is 2.50. The summed E-state index contributed by atoms with van der Waals surface area (Å²) in [6.45, 7) is 4.66. The van der Waals surface area contributed by atoms with E-state index in [1.807, 2.05) is 56.3 Å². The van der Waals surface area contributed by atoms with Crippen LogP contribution >= 0.6 is 11.6 Å². The van der Waals surface area contributed by atoms with E-state index in [2.05, 4.69) is 9.97 Å². The minimum absolute atomic E-state index is 0.228. The molecule has 0 fully saturated rings. The number of hydrogen-bond acceptors (Lipinski definition) is 6. The Kier molecular flexibility index (Phi) is 4.82. The van der Waals surface area contributed by atoms with Gasteiger partial charge in [0.2, 0.25) is 17.7 Å². The number of nitrogens with one attached hydrogen (secondary N) is 1. The summed E-state index contributed by atoms with van der Waals surface area (Å²) in [5.41, 5.74) is 10.5. The molecule has 5 rings (SSSR count). The average Bonchev–Trinajstić information content (AvgIpc) is 3.13. The summed E-state index contributed by atoms with van der Waals surface area (Å²) in [4.78, 5) is 12.6. The number of H-pyrrole nitrogens is 1. The number of nitrogens with zero attached hydrogens (tertiary/aromatic N) is 2. The number of rotatable bonds is 4. The van der Waals surface area contributed by atoms with E-state index >= 15 is 0 Å². The second-order valence-electron chi connectivity index (χ2n) is 7.31. The van der Waals surface area contributed by atoms with Crippen molar-refractivity contribution in [2.45, 2.75) is 26.4 Å². The molecule has 0 saturated heterocycles. The number of aromatic nitrogens is 2. The van der Waals surface area contributed by atoms with Crippen LogP contribution in [0.2, 0.25) is 5.02 Å². The van der Waals surface area contributed by atoms with Crippen molar-refractivity contribution in [2.75, 3.05) is 6.61 Å². The zero-order chi connectivity index (χ0) is 21.5. The van der Waals surface area contributed by atoms with Crippen LogP contribution in [0.25, 0.3) is 0 Å². The molecule has 0 amide bonds. The predicted molar refractivity (Wildman–Crippen MR) is 118 cm³/mol. The molecule has 0 radical (unpaired) electrons. The quantitative estimate of drug-likeness (QED) is 0.616. The lowest BCUT2D eigenvalue weighted by atomic mass is 9.83. The molecule has 31 heavy (non-hydrogen) atoms. The van der Waals surface area contributed by atoms with E-state index in [9.17, 15) is 0 Å². The van der Waals surface area contributed by atoms with Gasteiger partial charge in [-0.25, -0.2) is 4.99 Å². The average molecular weight is 437 g/mol. The molecule has 0 spiro atoms. The van der Waals surface area contributed by atoms with Gasteiger partial charge in [-0.2, -0.15) is 4.98 Å². The van der Waals surface area contributed by atoms with E-state index in [1.54, 1.807) is 0 Å². The van der Waals surface area contributed by atoms with E-state index in [1.165, 1.54) is 0 Å². The van der Waals surface area contributed by atoms with Gasteiger partial charge in [0.1, 0.15) is 23.9 Å². The van der Waals surface area contributed by atoms with Crippen molar-refractivity contribution < 1.29 is 14.2 Å². The molecule has 1 aromatic heterocycles. The van der Waals surface area contributed by atoms with E-state index in [-0.39, 0.29) is 11.8 Å². The second kappa shape index (κ2) is 7.67. The first-order valence-corrected chi connectivity index (χ1v) is 10.4. The smallest absolute Gasteiger partial charge is 0.243 e. The van der Waals surface area contributed by atoms with Gasteiger partial charge >= 0.3 is 0 Å². The maximum absolute atomic E-state index is 6.34. The van der Waals surface area contributed by atoms with Crippen LogP contribution in [0.1, 0.15) is 35.5 Å². The molecule has 7 nitrogen and oxygen atoms in total. The molecule has 2 aromatic carbocycles. The van der Waals surface area contributed by atoms with Gasteiger partial charge in [0.15, 0.2) is 0 Å². The van der Waals surface area contributed by atoms with Crippen LogP contribution in [0.4, 0.5) is 5.69 Å². The van der Waals surface area contributed by atoms with Crippen LogP contribution in [0.3, 0.4) is 0 Å². The molecule has 2 aliphatic heterocycles. The number of para-hydroxylation sites is 1. The van der Waals surface area contributed by atoms with Gasteiger partial charge < -0.3 is 24.9 Å². The molecule has 8 heteroatoms. The predicted octanol–water partition coefficient (Wildman–Crippen LogP) is 4.73. The van der Waals surface area contributed by atoms with Crippen molar-refractivity contribution in [3.8, 4) is 11.6 Å². The molecule has 2 aliphatic rings. The van der Waals surface area contributed by atoms with Crippen molar-refractivity contribution >= 4 is 23.2 Å². The number of imidazole rings is 1. The first kappa shape index (κ1) is 19.5. The lowest BCUT2D eigenvalue weighted by Gasteiger charge is -2.31. The fraction of sp³-hybridized carbons (Fsp3) is 0.217. The maximum atomic E-state index is 6.34. The van der Waals surface area contributed by atoms with Gasteiger partial charge in [-0.15, -0.1) is 0 Å². The third kappa shape index (κ3) is 3.41. The number of nitrogens with two attached hydrogens (primary N) is 1. The van der Waals surface area contributed by atoms with Gasteiger partial charge in [0, 0.05) is 5.02 Å². The lowest BCUT2D eigenvalue weighted by Crippen LogP contribution is -2.29. The monoisotopic (exact) mass is 436 g/mol. The number of aliphatic imine (C=N–C) groups is 1. The van der Waals surface area contributed by atoms with Crippen LogP contribution in [0.15, 0.2) is 58.9 Å². The normalized spacial score (nSPS) is 16.6. The van der Waals surface area contributed by atoms with Gasteiger partial charge in [-0.1, -0.05) is 35.9 Å². The third-order valence-corrected chi connectivity index (χ3v) is 5.49. The van der Waals surface area contributed by atoms with Crippen molar-refractivity contribution in [2.24, 2.45) is 10.7 Å². The standard InChI is InChI=1S/C23H21ClN4O3/c1-3-29-16-6-4-5-15-17-18(21(25)31-23-20(17)26-12(2)27-23)22(28-19(15)16)30-11-13-7-9-14(24)10-8-13/h4-10,17H,3,11,25H2,1-2H3,(H,26,27). The summed E-state index contributed by atoms with van der Waals surface area (Å²) in [7, 11) is 0. The molecule has 3 N–H and O–H groups in total. The largest absolute Gasteiger partial charge is 0.492 e. The van der Waals surface area contributed by atoms with Crippen LogP contribution in [-0.4, -0.2) is 22.5 Å². The second-order valence-corrected chi connectivity index (χ2v) is 7.75. The van der Waals surface area contributed by atoms with E-state index in [4.69, 9.17) is 36.5 Å². The summed E-state index contributed by atoms with van der Waals surface area (Å²) in [5, 5.41) is 0.670. The minimum Gasteiger partial charge on any atom is -0.492 e. The minimum atomic E-state index is -0.252. The molecule has 158 valence electrons. The van der Waals surface area contributed by atoms with Crippen LogP contribution in [0.5, 0.6) is 11.6 Å². The topological polar surface area (TPSA) is 94.8 Å². The Hall–Kier alpha value is -3.45. The SMILES string of the molecule is CCOc1cccc2c1N=C(OCc1ccc(Cl)cc1)C1=C(N)Oc3nc(C)[nH]c3C12. The Morgan fingerprint density at radius 2 is 1.97 bits per heavy atom. The van der Waals surface area contributed by atoms with Crippen molar-refractivity contribution in [1.82, 2.24) is 9.97 Å². The molecular formula is C23H21ClN4O3. The molecule has 1 atom stereocenters. The highest BCUT2D eigenvalue weighted by molar-refractivity contribution is 6.30. The molecule has 3 aromatic rings. The molecule has 0 aliphatic carbocycles. The maximum Gasteiger partial charge on any atom is 0.243 e. The zero-order valence-corrected chi connectivity index (χ0v) is 17.9. The fourth-order valence-electron chi connectivity index (χ4n) is 3.92. The summed E-state index contributed by atoms with van der Waals surface area (Å²) in [6.07, 6.45) is 0. The van der Waals surface area contributed by atoms with Crippen LogP contribution in [-0.2, 0) is 11.3 Å². The Morgan fingerprint density at radius 1 is 1.16 bits per heavy atom. The Balaban J connectivity index is 1.62. The number of benzene rings is 2. The first-order chi connectivity index (χ1) is 15.0. The summed E-state index contributed by atoms with van der Waals surface area (Å²) >= 11 is 6.00. The van der Waals surface area contributed by atoms with Crippen molar-refractivity contribution in [1.29, 1.82) is 0 Å². The number of aryl methyl sites for hydroxylation is 1. The Bertz CT molecular complexity index is 1210. The molecule has 3 heterocycles. The first-order valence-electron chi connectivity index (χ1n) is 10.0. The zero-order valence-electron chi connectivity index (χ0n) is 17.1. The summed E-state index contributed by atoms with van der Waals surface area (Å²) in [6, 6.07) is 13.3. The van der Waals surface area contributed by atoms with Crippen molar-refractivity contribution in [3.63, 3.8) is 0 Å². The van der Waals surface area contributed by atoms with E-state index in [0.29, 0.717) is 41.3 Å². The van der Waals surface area contributed by atoms with E-state index < -0.39 is 0 Å². The molecule has 1 unspecified atom stereocenters. The number of hydrogen-bond donors (Lipinski definition) is 2. The number of halogens is 1. The van der Waals surface area contributed by atoms with Gasteiger partial charge in [0.05, 0.1) is 23.8 Å². The van der Waals surface area contributed by atoms with Gasteiger partial charge in [-0.3, -0.25) is 0 Å². The number of fused-ring (bicyclic) bond motifs is 5. The number of aromatic amines is 1. The summed E-state index contributed by atoms with van der Waals surface area (Å²) < 4.78 is 17.8. The Labute approximate surface area is 184 Å². The molecule has 0 bridgehead atoms. The van der Waals surface area contributed by atoms with Gasteiger partial charge in [0.25, 0.3) is 0 Å². The van der Waals surface area contributed by atoms with E-state index in [0.717, 1.165) is 28.3 Å². The van der Waals surface area contributed by atoms with Crippen LogP contribution < -0.4 is 15.2 Å². The van der Waals surface area contributed by atoms with Crippen LogP contribution in [0, 0.1) is 6.92 Å². The molecule has 0 saturated carbocycles. The Morgan fingerprint density at radius 3 is 2.74 bits per heavy atom.